The molecule has 2 N–H and O–H groups in total. The molecule has 0 saturated heterocycles. The maximum absolute atomic E-state index is 12.3. The maximum Gasteiger partial charge on any atom is 0.273 e. The van der Waals surface area contributed by atoms with Crippen LogP contribution in [-0.4, -0.2) is 30.6 Å². The molecule has 0 atom stereocenters. The molecule has 0 bridgehead atoms. The Morgan fingerprint density at radius 1 is 1.00 bits per heavy atom. The summed E-state index contributed by atoms with van der Waals surface area (Å²) in [5, 5.41) is 9.43. The number of methoxy groups -OCH3 is 1. The largest absolute Gasteiger partial charge is 0.497 e. The van der Waals surface area contributed by atoms with E-state index < -0.39 is 0 Å². The first kappa shape index (κ1) is 22.9. The molecule has 2 amide bonds. The molecule has 0 aliphatic heterocycles. The second-order valence-corrected chi connectivity index (χ2v) is 7.61. The van der Waals surface area contributed by atoms with Crippen molar-refractivity contribution in [1.82, 2.24) is 10.5 Å². The molecule has 8 heteroatoms. The summed E-state index contributed by atoms with van der Waals surface area (Å²) < 4.78 is 15.9. The number of rotatable bonds is 10. The molecule has 2 aromatic carbocycles. The molecule has 0 radical (unpaired) electrons. The van der Waals surface area contributed by atoms with Gasteiger partial charge in [0.1, 0.15) is 18.1 Å². The summed E-state index contributed by atoms with van der Waals surface area (Å²) in [6.45, 7) is 4.92. The van der Waals surface area contributed by atoms with Crippen LogP contribution >= 0.6 is 0 Å². The third-order valence-electron chi connectivity index (χ3n) is 4.64. The van der Waals surface area contributed by atoms with Crippen LogP contribution in [0.4, 0.5) is 5.69 Å². The van der Waals surface area contributed by atoms with Crippen molar-refractivity contribution in [3.8, 4) is 11.5 Å². The molecular weight excluding hydrogens is 410 g/mol. The maximum atomic E-state index is 12.3. The molecule has 0 saturated carbocycles. The lowest BCUT2D eigenvalue weighted by atomic mass is 10.1. The van der Waals surface area contributed by atoms with Gasteiger partial charge in [0.25, 0.3) is 11.8 Å². The molecular formula is C24H27N3O5. The molecule has 0 unspecified atom stereocenters. The van der Waals surface area contributed by atoms with Crippen LogP contribution in [0.15, 0.2) is 59.1 Å². The number of carbonyl (C=O) groups excluding carboxylic acids is 2. The molecule has 0 aliphatic carbocycles. The van der Waals surface area contributed by atoms with Gasteiger partial charge in [0, 0.05) is 23.9 Å². The summed E-state index contributed by atoms with van der Waals surface area (Å²) in [6.07, 6.45) is 0.899. The summed E-state index contributed by atoms with van der Waals surface area (Å²) in [5.41, 5.74) is 1.39. The molecule has 0 fully saturated rings. The van der Waals surface area contributed by atoms with Gasteiger partial charge in [0.05, 0.1) is 7.11 Å². The van der Waals surface area contributed by atoms with Gasteiger partial charge < -0.3 is 24.6 Å². The molecule has 1 aromatic heterocycles. The molecule has 0 spiro atoms. The number of nitrogens with one attached hydrogen (secondary N) is 2. The zero-order chi connectivity index (χ0) is 22.9. The number of ether oxygens (including phenoxy) is 2. The van der Waals surface area contributed by atoms with Crippen LogP contribution in [0.3, 0.4) is 0 Å². The lowest BCUT2D eigenvalue weighted by molar-refractivity contribution is 0.0941. The number of amides is 2. The van der Waals surface area contributed by atoms with E-state index in [4.69, 9.17) is 14.0 Å². The fraction of sp³-hybridized carbons (Fsp3) is 0.292. The first-order valence-electron chi connectivity index (χ1n) is 10.4. The lowest BCUT2D eigenvalue weighted by Gasteiger charge is -2.08. The van der Waals surface area contributed by atoms with Crippen LogP contribution in [0, 0.1) is 5.92 Å². The number of hydrogen-bond acceptors (Lipinski definition) is 6. The normalized spacial score (nSPS) is 10.6. The van der Waals surface area contributed by atoms with Crippen LogP contribution in [0.1, 0.15) is 46.9 Å². The van der Waals surface area contributed by atoms with E-state index in [0.717, 1.165) is 6.42 Å². The van der Waals surface area contributed by atoms with Crippen LogP contribution in [0.25, 0.3) is 0 Å². The van der Waals surface area contributed by atoms with Gasteiger partial charge in [-0.1, -0.05) is 19.0 Å². The predicted molar refractivity (Wildman–Crippen MR) is 120 cm³/mol. The Labute approximate surface area is 186 Å². The van der Waals surface area contributed by atoms with E-state index >= 15 is 0 Å². The Morgan fingerprint density at radius 3 is 2.34 bits per heavy atom. The third-order valence-corrected chi connectivity index (χ3v) is 4.64. The van der Waals surface area contributed by atoms with Crippen molar-refractivity contribution in [1.29, 1.82) is 0 Å². The van der Waals surface area contributed by atoms with Crippen LogP contribution in [0.5, 0.6) is 11.5 Å². The summed E-state index contributed by atoms with van der Waals surface area (Å²) >= 11 is 0. The van der Waals surface area contributed by atoms with Gasteiger partial charge in [-0.15, -0.1) is 0 Å². The summed E-state index contributed by atoms with van der Waals surface area (Å²) in [6, 6.07) is 15.4. The summed E-state index contributed by atoms with van der Waals surface area (Å²) in [7, 11) is 1.58. The zero-order valence-corrected chi connectivity index (χ0v) is 18.4. The van der Waals surface area contributed by atoms with E-state index in [0.29, 0.717) is 41.0 Å². The first-order valence-corrected chi connectivity index (χ1v) is 10.4. The second-order valence-electron chi connectivity index (χ2n) is 7.61. The molecule has 0 aliphatic rings. The predicted octanol–water partition coefficient (Wildman–Crippen LogP) is 4.29. The summed E-state index contributed by atoms with van der Waals surface area (Å²) in [4.78, 5) is 24.4. The van der Waals surface area contributed by atoms with Crippen molar-refractivity contribution in [3.05, 3.63) is 71.6 Å². The number of hydrogen-bond donors (Lipinski definition) is 2. The highest BCUT2D eigenvalue weighted by Gasteiger charge is 2.13. The minimum absolute atomic E-state index is 0.129. The minimum Gasteiger partial charge on any atom is -0.497 e. The van der Waals surface area contributed by atoms with E-state index in [2.05, 4.69) is 29.6 Å². The molecule has 3 aromatic rings. The van der Waals surface area contributed by atoms with E-state index in [1.54, 1.807) is 61.7 Å². The Kier molecular flexibility index (Phi) is 7.85. The number of carbonyl (C=O) groups is 2. The average molecular weight is 437 g/mol. The van der Waals surface area contributed by atoms with Gasteiger partial charge in [-0.25, -0.2) is 0 Å². The molecule has 32 heavy (non-hydrogen) atoms. The highest BCUT2D eigenvalue weighted by molar-refractivity contribution is 6.04. The van der Waals surface area contributed by atoms with Gasteiger partial charge in [0.15, 0.2) is 11.5 Å². The second kappa shape index (κ2) is 11.0. The van der Waals surface area contributed by atoms with Gasteiger partial charge >= 0.3 is 0 Å². The topological polar surface area (TPSA) is 103 Å². The lowest BCUT2D eigenvalue weighted by Crippen LogP contribution is -2.25. The number of benzene rings is 2. The zero-order valence-electron chi connectivity index (χ0n) is 18.4. The van der Waals surface area contributed by atoms with Crippen LogP contribution in [0.2, 0.25) is 0 Å². The quantitative estimate of drug-likeness (QED) is 0.491. The van der Waals surface area contributed by atoms with Crippen LogP contribution < -0.4 is 20.1 Å². The Bertz CT molecular complexity index is 1030. The highest BCUT2D eigenvalue weighted by atomic mass is 16.5. The highest BCUT2D eigenvalue weighted by Crippen LogP contribution is 2.19. The Hall–Kier alpha value is -3.81. The molecule has 168 valence electrons. The van der Waals surface area contributed by atoms with Crippen molar-refractivity contribution < 1.29 is 23.6 Å². The third kappa shape index (κ3) is 6.60. The molecule has 1 heterocycles. The Morgan fingerprint density at radius 2 is 1.69 bits per heavy atom. The number of anilines is 1. The van der Waals surface area contributed by atoms with Gasteiger partial charge in [-0.05, 0) is 60.9 Å². The fourth-order valence-corrected chi connectivity index (χ4v) is 2.79. The first-order chi connectivity index (χ1) is 15.4. The van der Waals surface area contributed by atoms with E-state index in [-0.39, 0.29) is 24.1 Å². The molecule has 3 rings (SSSR count). The monoisotopic (exact) mass is 437 g/mol. The minimum atomic E-state index is -0.266. The standard InChI is InChI=1S/C24H27N3O5/c1-16(2)12-13-25-24(29)22-14-21(32-27-22)15-31-20-10-6-18(7-11-20)26-23(28)17-4-8-19(30-3)9-5-17/h4-11,14,16H,12-13,15H2,1-3H3,(H,25,29)(H,26,28). The van der Waals surface area contributed by atoms with Crippen molar-refractivity contribution in [2.24, 2.45) is 5.92 Å². The average Bonchev–Trinajstić information content (AvgIpc) is 3.27. The Balaban J connectivity index is 1.48. The fourth-order valence-electron chi connectivity index (χ4n) is 2.79. The van der Waals surface area contributed by atoms with Crippen molar-refractivity contribution in [3.63, 3.8) is 0 Å². The van der Waals surface area contributed by atoms with Crippen molar-refractivity contribution in [2.75, 3.05) is 19.0 Å². The smallest absolute Gasteiger partial charge is 0.273 e. The van der Waals surface area contributed by atoms with Gasteiger partial charge in [-0.2, -0.15) is 0 Å². The molecule has 8 nitrogen and oxygen atoms in total. The van der Waals surface area contributed by atoms with Gasteiger partial charge in [-0.3, -0.25) is 9.59 Å². The SMILES string of the molecule is COc1ccc(C(=O)Nc2ccc(OCc3cc(C(=O)NCCC(C)C)no3)cc2)cc1. The number of nitrogens with zero attached hydrogens (tertiary/aromatic N) is 1. The number of aromatic nitrogens is 1. The van der Waals surface area contributed by atoms with E-state index in [1.807, 2.05) is 0 Å². The van der Waals surface area contributed by atoms with Crippen molar-refractivity contribution in [2.45, 2.75) is 26.9 Å². The summed E-state index contributed by atoms with van der Waals surface area (Å²) in [5.74, 6) is 1.75. The van der Waals surface area contributed by atoms with Crippen molar-refractivity contribution >= 4 is 17.5 Å². The van der Waals surface area contributed by atoms with Gasteiger partial charge in [0.2, 0.25) is 0 Å². The van der Waals surface area contributed by atoms with E-state index in [1.165, 1.54) is 0 Å². The van der Waals surface area contributed by atoms with Crippen LogP contribution in [-0.2, 0) is 6.61 Å². The van der Waals surface area contributed by atoms with E-state index in [9.17, 15) is 9.59 Å².